The Hall–Kier alpha value is -2.10. The van der Waals surface area contributed by atoms with Crippen LogP contribution in [0.5, 0.6) is 0 Å². The molecule has 0 amide bonds. The van der Waals surface area contributed by atoms with Crippen LogP contribution >= 0.6 is 0 Å². The largest absolute Gasteiger partial charge is 0.478 e. The Kier molecular flexibility index (Phi) is 3.46. The summed E-state index contributed by atoms with van der Waals surface area (Å²) in [5, 5.41) is 8.77. The van der Waals surface area contributed by atoms with Crippen molar-refractivity contribution in [3.63, 3.8) is 0 Å². The number of carboxylic acid groups (broad SMARTS) is 1. The number of halogens is 1. The van der Waals surface area contributed by atoms with Crippen molar-refractivity contribution in [1.82, 2.24) is 0 Å². The quantitative estimate of drug-likeness (QED) is 0.868. The Morgan fingerprint density at radius 2 is 2.22 bits per heavy atom. The minimum absolute atomic E-state index is 0.307. The molecule has 1 N–H and O–H groups in total. The van der Waals surface area contributed by atoms with Gasteiger partial charge in [0.05, 0.1) is 5.56 Å². The average molecular weight is 247 g/mol. The normalized spacial score (nSPS) is 15.2. The Balaban J connectivity index is 2.36. The van der Waals surface area contributed by atoms with Crippen LogP contribution in [0.25, 0.3) is 0 Å². The summed E-state index contributed by atoms with van der Waals surface area (Å²) in [5.41, 5.74) is 1.51. The molecule has 0 fully saturated rings. The summed E-state index contributed by atoms with van der Waals surface area (Å²) in [6, 6.07) is 4.13. The maximum Gasteiger partial charge on any atom is 0.338 e. The second-order valence-corrected chi connectivity index (χ2v) is 4.28. The van der Waals surface area contributed by atoms with Crippen molar-refractivity contribution in [2.45, 2.75) is 19.8 Å². The number of hydrogen-bond donors (Lipinski definition) is 1. The molecule has 1 aliphatic rings. The number of carboxylic acids is 1. The van der Waals surface area contributed by atoms with Crippen molar-refractivity contribution in [2.75, 3.05) is 4.90 Å². The van der Waals surface area contributed by atoms with E-state index < -0.39 is 11.8 Å². The molecule has 3 nitrogen and oxygen atoms in total. The van der Waals surface area contributed by atoms with Crippen molar-refractivity contribution in [1.29, 1.82) is 0 Å². The third-order valence-electron chi connectivity index (χ3n) is 2.81. The summed E-state index contributed by atoms with van der Waals surface area (Å²) in [6.45, 7) is 2.02. The van der Waals surface area contributed by atoms with E-state index in [4.69, 9.17) is 5.11 Å². The van der Waals surface area contributed by atoms with E-state index in [1.165, 1.54) is 17.7 Å². The van der Waals surface area contributed by atoms with Gasteiger partial charge in [-0.05, 0) is 38.0 Å². The summed E-state index contributed by atoms with van der Waals surface area (Å²) >= 11 is 0. The van der Waals surface area contributed by atoms with Crippen LogP contribution in [-0.2, 0) is 0 Å². The smallest absolute Gasteiger partial charge is 0.338 e. The van der Waals surface area contributed by atoms with Crippen LogP contribution in [0, 0.1) is 5.82 Å². The van der Waals surface area contributed by atoms with E-state index in [1.807, 2.05) is 25.4 Å². The summed E-state index contributed by atoms with van der Waals surface area (Å²) in [4.78, 5) is 12.5. The first-order valence-corrected chi connectivity index (χ1v) is 5.73. The van der Waals surface area contributed by atoms with Gasteiger partial charge >= 0.3 is 5.97 Å². The number of hydrogen-bond acceptors (Lipinski definition) is 2. The van der Waals surface area contributed by atoms with Gasteiger partial charge in [-0.1, -0.05) is 11.6 Å². The maximum atomic E-state index is 13.6. The van der Waals surface area contributed by atoms with Crippen LogP contribution in [-0.4, -0.2) is 11.1 Å². The minimum Gasteiger partial charge on any atom is -0.478 e. The van der Waals surface area contributed by atoms with Crippen LogP contribution in [0.1, 0.15) is 30.1 Å². The lowest BCUT2D eigenvalue weighted by molar-refractivity contribution is 0.0692. The highest BCUT2D eigenvalue weighted by Crippen LogP contribution is 2.23. The molecule has 18 heavy (non-hydrogen) atoms. The summed E-state index contributed by atoms with van der Waals surface area (Å²) in [5.74, 6) is -1.97. The molecule has 94 valence electrons. The van der Waals surface area contributed by atoms with Crippen LogP contribution in [0.4, 0.5) is 10.1 Å². The van der Waals surface area contributed by atoms with Crippen molar-refractivity contribution < 1.29 is 14.3 Å². The zero-order valence-corrected chi connectivity index (χ0v) is 10.1. The number of nitrogens with zero attached hydrogens (tertiary/aromatic N) is 1. The van der Waals surface area contributed by atoms with E-state index in [2.05, 4.69) is 0 Å². The van der Waals surface area contributed by atoms with Gasteiger partial charge in [0.25, 0.3) is 0 Å². The third-order valence-corrected chi connectivity index (χ3v) is 2.81. The number of aromatic carboxylic acids is 1. The summed E-state index contributed by atoms with van der Waals surface area (Å²) in [7, 11) is 0. The van der Waals surface area contributed by atoms with Crippen molar-refractivity contribution in [3.05, 3.63) is 53.6 Å². The topological polar surface area (TPSA) is 40.5 Å². The first-order valence-electron chi connectivity index (χ1n) is 5.73. The summed E-state index contributed by atoms with van der Waals surface area (Å²) < 4.78 is 13.6. The molecule has 2 rings (SSSR count). The minimum atomic E-state index is -1.25. The van der Waals surface area contributed by atoms with E-state index in [0.29, 0.717) is 5.69 Å². The second kappa shape index (κ2) is 5.04. The van der Waals surface area contributed by atoms with Gasteiger partial charge in [-0.2, -0.15) is 0 Å². The second-order valence-electron chi connectivity index (χ2n) is 4.28. The molecule has 0 radical (unpaired) electrons. The molecule has 1 aromatic rings. The highest BCUT2D eigenvalue weighted by molar-refractivity contribution is 5.88. The lowest BCUT2D eigenvalue weighted by Gasteiger charge is -2.16. The number of allylic oxidation sites excluding steroid dienone is 2. The van der Waals surface area contributed by atoms with Crippen molar-refractivity contribution in [2.24, 2.45) is 0 Å². The molecule has 0 saturated heterocycles. The van der Waals surface area contributed by atoms with Crippen molar-refractivity contribution >= 4 is 11.7 Å². The van der Waals surface area contributed by atoms with Crippen LogP contribution < -0.4 is 4.90 Å². The van der Waals surface area contributed by atoms with E-state index in [9.17, 15) is 9.18 Å². The fourth-order valence-electron chi connectivity index (χ4n) is 1.84. The summed E-state index contributed by atoms with van der Waals surface area (Å²) in [6.07, 6.45) is 7.73. The molecule has 1 heterocycles. The van der Waals surface area contributed by atoms with E-state index in [-0.39, 0.29) is 5.56 Å². The monoisotopic (exact) mass is 247 g/mol. The van der Waals surface area contributed by atoms with Gasteiger partial charge in [-0.25, -0.2) is 9.18 Å². The van der Waals surface area contributed by atoms with E-state index >= 15 is 0 Å². The fourth-order valence-corrected chi connectivity index (χ4v) is 1.84. The third kappa shape index (κ3) is 2.59. The lowest BCUT2D eigenvalue weighted by atomic mass is 10.2. The molecular formula is C14H14FNO2. The number of rotatable bonds is 2. The number of benzene rings is 1. The zero-order valence-electron chi connectivity index (χ0n) is 10.1. The first-order chi connectivity index (χ1) is 8.58. The Bertz CT molecular complexity index is 535. The van der Waals surface area contributed by atoms with Gasteiger partial charge in [0.2, 0.25) is 0 Å². The molecular weight excluding hydrogens is 233 g/mol. The molecule has 0 atom stereocenters. The van der Waals surface area contributed by atoms with Gasteiger partial charge in [-0.3, -0.25) is 0 Å². The average Bonchev–Trinajstić information content (AvgIpc) is 2.53. The Labute approximate surface area is 105 Å². The molecule has 1 aromatic carbocycles. The highest BCUT2D eigenvalue weighted by Gasteiger charge is 2.12. The van der Waals surface area contributed by atoms with E-state index in [0.717, 1.165) is 12.8 Å². The first kappa shape index (κ1) is 12.4. The molecule has 0 bridgehead atoms. The maximum absolute atomic E-state index is 13.6. The molecule has 0 aromatic heterocycles. The van der Waals surface area contributed by atoms with E-state index in [1.54, 1.807) is 11.0 Å². The van der Waals surface area contributed by atoms with Gasteiger partial charge in [-0.15, -0.1) is 0 Å². The molecule has 4 heteroatoms. The van der Waals surface area contributed by atoms with Crippen LogP contribution in [0.15, 0.2) is 42.2 Å². The SMILES string of the molecule is CC1=CN(c2ccc(C(=O)O)c(F)c2)C=CCC1. The molecule has 0 spiro atoms. The van der Waals surface area contributed by atoms with Gasteiger partial charge in [0.15, 0.2) is 0 Å². The van der Waals surface area contributed by atoms with Crippen molar-refractivity contribution in [3.8, 4) is 0 Å². The standard InChI is InChI=1S/C14H14FNO2/c1-10-4-2-3-7-16(9-10)11-5-6-12(14(17)18)13(15)8-11/h3,5-9H,2,4H2,1H3,(H,17,18). The Morgan fingerprint density at radius 1 is 1.44 bits per heavy atom. The molecule has 1 aliphatic heterocycles. The number of carbonyl (C=O) groups is 1. The molecule has 0 aliphatic carbocycles. The van der Waals surface area contributed by atoms with Gasteiger partial charge in [0, 0.05) is 18.1 Å². The zero-order chi connectivity index (χ0) is 13.1. The highest BCUT2D eigenvalue weighted by atomic mass is 19.1. The molecule has 0 saturated carbocycles. The fraction of sp³-hybridized carbons (Fsp3) is 0.214. The number of anilines is 1. The van der Waals surface area contributed by atoms with Gasteiger partial charge in [0.1, 0.15) is 5.82 Å². The predicted molar refractivity (Wildman–Crippen MR) is 68.0 cm³/mol. The van der Waals surface area contributed by atoms with Gasteiger partial charge < -0.3 is 10.0 Å². The van der Waals surface area contributed by atoms with Crippen LogP contribution in [0.3, 0.4) is 0 Å². The Morgan fingerprint density at radius 3 is 2.89 bits per heavy atom. The lowest BCUT2D eigenvalue weighted by Crippen LogP contribution is -2.09. The predicted octanol–water partition coefficient (Wildman–Crippen LogP) is 3.54. The molecule has 0 unspecified atom stereocenters. The van der Waals surface area contributed by atoms with Crippen LogP contribution in [0.2, 0.25) is 0 Å².